The highest BCUT2D eigenvalue weighted by atomic mass is 16.5. The highest BCUT2D eigenvalue weighted by molar-refractivity contribution is 6.23. The van der Waals surface area contributed by atoms with Crippen molar-refractivity contribution in [2.75, 3.05) is 4.90 Å². The smallest absolute Gasteiger partial charge is 0.136 e. The molecule has 55 heavy (non-hydrogen) atoms. The molecule has 0 N–H and O–H groups in total. The Morgan fingerprint density at radius 3 is 1.91 bits per heavy atom. The van der Waals surface area contributed by atoms with Crippen LogP contribution < -0.4 is 20.1 Å². The van der Waals surface area contributed by atoms with Crippen LogP contribution in [0.4, 0.5) is 17.1 Å². The third-order valence-corrected chi connectivity index (χ3v) is 11.7. The zero-order valence-electron chi connectivity index (χ0n) is 30.5. The lowest BCUT2D eigenvalue weighted by Crippen LogP contribution is -2.42. The lowest BCUT2D eigenvalue weighted by molar-refractivity contribution is 0.173. The van der Waals surface area contributed by atoms with Gasteiger partial charge in [0.1, 0.15) is 11.4 Å². The molecule has 9 aromatic carbocycles. The number of hydrogen-bond donors (Lipinski definition) is 0. The van der Waals surface area contributed by atoms with Crippen LogP contribution in [-0.4, -0.2) is 5.60 Å². The van der Waals surface area contributed by atoms with E-state index in [2.05, 4.69) is 206 Å². The Balaban J connectivity index is 1.10. The summed E-state index contributed by atoms with van der Waals surface area (Å²) < 4.78 is 6.64. The van der Waals surface area contributed by atoms with Gasteiger partial charge in [0.25, 0.3) is 0 Å². The Bertz CT molecular complexity index is 3090. The number of para-hydroxylation sites is 1. The SMILES string of the molecule is CC12CC=c3ccc(N(c4ccc(-c5ccccc5)cc4)c4ccc(-c5cc6ccccc6c6ccc7ccccc7c56)cc4)cc3=C1c1ccccc1O2. The van der Waals surface area contributed by atoms with Crippen LogP contribution in [0.2, 0.25) is 0 Å². The number of fused-ring (bicyclic) bond motifs is 9. The number of rotatable bonds is 5. The van der Waals surface area contributed by atoms with E-state index in [4.69, 9.17) is 4.74 Å². The van der Waals surface area contributed by atoms with Gasteiger partial charge in [0.2, 0.25) is 0 Å². The second-order valence-corrected chi connectivity index (χ2v) is 15.0. The molecule has 9 aromatic rings. The molecule has 0 aromatic heterocycles. The van der Waals surface area contributed by atoms with Crippen molar-refractivity contribution in [2.24, 2.45) is 0 Å². The van der Waals surface area contributed by atoms with Crippen molar-refractivity contribution >= 4 is 61.0 Å². The molecule has 2 nitrogen and oxygen atoms in total. The van der Waals surface area contributed by atoms with Crippen LogP contribution in [0.5, 0.6) is 5.75 Å². The molecule has 1 aliphatic heterocycles. The topological polar surface area (TPSA) is 12.5 Å². The summed E-state index contributed by atoms with van der Waals surface area (Å²) in [6.07, 6.45) is 3.17. The maximum atomic E-state index is 6.64. The van der Waals surface area contributed by atoms with Gasteiger partial charge in [-0.25, -0.2) is 0 Å². The van der Waals surface area contributed by atoms with Crippen LogP contribution in [0.1, 0.15) is 18.9 Å². The van der Waals surface area contributed by atoms with E-state index in [1.807, 2.05) is 0 Å². The van der Waals surface area contributed by atoms with E-state index in [0.717, 1.165) is 29.2 Å². The zero-order chi connectivity index (χ0) is 36.5. The summed E-state index contributed by atoms with van der Waals surface area (Å²) in [5.74, 6) is 0.963. The summed E-state index contributed by atoms with van der Waals surface area (Å²) in [7, 11) is 0. The third kappa shape index (κ3) is 5.10. The Kier molecular flexibility index (Phi) is 7.09. The predicted octanol–water partition coefficient (Wildman–Crippen LogP) is 12.5. The molecule has 1 unspecified atom stereocenters. The molecule has 0 fully saturated rings. The Hall–Kier alpha value is -6.90. The maximum Gasteiger partial charge on any atom is 0.136 e. The normalized spacial score (nSPS) is 15.6. The Morgan fingerprint density at radius 2 is 1.11 bits per heavy atom. The van der Waals surface area contributed by atoms with Gasteiger partial charge >= 0.3 is 0 Å². The number of benzene rings is 9. The minimum atomic E-state index is -0.397. The fourth-order valence-electron chi connectivity index (χ4n) is 9.08. The molecule has 0 spiro atoms. The third-order valence-electron chi connectivity index (χ3n) is 11.7. The molecule has 260 valence electrons. The number of nitrogens with zero attached hydrogens (tertiary/aromatic N) is 1. The average Bonchev–Trinajstić information content (AvgIpc) is 3.57. The highest BCUT2D eigenvalue weighted by Crippen LogP contribution is 2.46. The van der Waals surface area contributed by atoms with E-state index in [0.29, 0.717) is 0 Å². The second-order valence-electron chi connectivity index (χ2n) is 15.0. The van der Waals surface area contributed by atoms with Crippen LogP contribution in [0.25, 0.3) is 66.2 Å². The second kappa shape index (κ2) is 12.3. The van der Waals surface area contributed by atoms with Crippen LogP contribution >= 0.6 is 0 Å². The van der Waals surface area contributed by atoms with Gasteiger partial charge in [0.05, 0.1) is 0 Å². The first-order chi connectivity index (χ1) is 27.1. The van der Waals surface area contributed by atoms with Gasteiger partial charge in [-0.3, -0.25) is 0 Å². The number of anilines is 3. The van der Waals surface area contributed by atoms with Crippen LogP contribution in [0.3, 0.4) is 0 Å². The summed E-state index contributed by atoms with van der Waals surface area (Å²) in [5, 5.41) is 10.1. The molecule has 0 saturated carbocycles. The first kappa shape index (κ1) is 31.6. The van der Waals surface area contributed by atoms with Gasteiger partial charge in [0.15, 0.2) is 0 Å². The molecule has 0 saturated heterocycles. The predicted molar refractivity (Wildman–Crippen MR) is 231 cm³/mol. The van der Waals surface area contributed by atoms with Gasteiger partial charge in [-0.05, 0) is 120 Å². The molecule has 1 heterocycles. The van der Waals surface area contributed by atoms with Crippen LogP contribution in [-0.2, 0) is 0 Å². The van der Waals surface area contributed by atoms with Gasteiger partial charge in [-0.1, -0.05) is 146 Å². The van der Waals surface area contributed by atoms with Crippen molar-refractivity contribution in [2.45, 2.75) is 18.9 Å². The van der Waals surface area contributed by atoms with E-state index in [1.165, 1.54) is 76.1 Å². The van der Waals surface area contributed by atoms with E-state index >= 15 is 0 Å². The minimum absolute atomic E-state index is 0.397. The minimum Gasteiger partial charge on any atom is -0.482 e. The molecular weight excluding hydrogens is 667 g/mol. The van der Waals surface area contributed by atoms with Gasteiger partial charge in [0, 0.05) is 34.6 Å². The monoisotopic (exact) mass is 703 g/mol. The molecule has 1 aliphatic carbocycles. The average molecular weight is 704 g/mol. The van der Waals surface area contributed by atoms with Crippen molar-refractivity contribution < 1.29 is 4.74 Å². The Labute approximate surface area is 320 Å². The van der Waals surface area contributed by atoms with Crippen molar-refractivity contribution in [3.8, 4) is 28.0 Å². The van der Waals surface area contributed by atoms with E-state index in [9.17, 15) is 0 Å². The summed E-state index contributed by atoms with van der Waals surface area (Å²) in [6, 6.07) is 68.5. The molecule has 0 bridgehead atoms. The van der Waals surface area contributed by atoms with Crippen molar-refractivity contribution in [1.82, 2.24) is 0 Å². The van der Waals surface area contributed by atoms with Gasteiger partial charge in [-0.2, -0.15) is 0 Å². The molecule has 1 atom stereocenters. The fourth-order valence-corrected chi connectivity index (χ4v) is 9.08. The summed E-state index contributed by atoms with van der Waals surface area (Å²) in [4.78, 5) is 2.39. The van der Waals surface area contributed by atoms with Crippen molar-refractivity contribution in [1.29, 1.82) is 0 Å². The van der Waals surface area contributed by atoms with Gasteiger partial charge < -0.3 is 9.64 Å². The molecular formula is C53H37NO. The van der Waals surface area contributed by atoms with Gasteiger partial charge in [-0.15, -0.1) is 0 Å². The quantitative estimate of drug-likeness (QED) is 0.166. The lowest BCUT2D eigenvalue weighted by atomic mass is 9.83. The molecule has 2 aliphatic rings. The zero-order valence-corrected chi connectivity index (χ0v) is 30.5. The molecule has 0 radical (unpaired) electrons. The van der Waals surface area contributed by atoms with Crippen molar-refractivity contribution in [3.63, 3.8) is 0 Å². The lowest BCUT2D eigenvalue weighted by Gasteiger charge is -2.29. The van der Waals surface area contributed by atoms with E-state index in [1.54, 1.807) is 0 Å². The van der Waals surface area contributed by atoms with Crippen LogP contribution in [0.15, 0.2) is 188 Å². The summed E-state index contributed by atoms with van der Waals surface area (Å²) >= 11 is 0. The molecule has 0 amide bonds. The first-order valence-electron chi connectivity index (χ1n) is 19.1. The van der Waals surface area contributed by atoms with E-state index in [-0.39, 0.29) is 0 Å². The largest absolute Gasteiger partial charge is 0.482 e. The molecule has 2 heteroatoms. The first-order valence-corrected chi connectivity index (χ1v) is 19.1. The number of hydrogen-bond acceptors (Lipinski definition) is 2. The summed E-state index contributed by atoms with van der Waals surface area (Å²) in [6.45, 7) is 2.23. The Morgan fingerprint density at radius 1 is 0.473 bits per heavy atom. The standard InChI is InChI=1S/C53H37NO/c1-53-32-31-39-23-29-43(34-49(39)52(53)47-17-9-10-18-50(47)55-53)54(41-25-19-36(20-26-41)35-11-3-2-4-12-35)42-27-21-38(22-28-42)48-33-40-14-6-7-15-44(40)46-30-24-37-13-5-8-16-45(37)51(46)48/h2-31,33-34H,32H2,1H3. The summed E-state index contributed by atoms with van der Waals surface area (Å²) in [5.41, 5.74) is 10.2. The van der Waals surface area contributed by atoms with Crippen molar-refractivity contribution in [3.05, 3.63) is 204 Å². The number of ether oxygens (including phenoxy) is 1. The highest BCUT2D eigenvalue weighted by Gasteiger charge is 2.41. The fraction of sp³-hybridized carbons (Fsp3) is 0.0566. The maximum absolute atomic E-state index is 6.64. The van der Waals surface area contributed by atoms with E-state index < -0.39 is 5.60 Å². The molecule has 11 rings (SSSR count). The van der Waals surface area contributed by atoms with Crippen LogP contribution in [0, 0.1) is 0 Å².